The number of amides is 2. The summed E-state index contributed by atoms with van der Waals surface area (Å²) in [6.07, 6.45) is 6.50. The molecule has 1 N–H and O–H groups in total. The molecule has 0 spiro atoms. The molecule has 0 unspecified atom stereocenters. The van der Waals surface area contributed by atoms with E-state index in [9.17, 15) is 9.59 Å². The lowest BCUT2D eigenvalue weighted by atomic mass is 10.0. The van der Waals surface area contributed by atoms with Gasteiger partial charge in [-0.3, -0.25) is 9.59 Å². The summed E-state index contributed by atoms with van der Waals surface area (Å²) in [7, 11) is 0. The van der Waals surface area contributed by atoms with Gasteiger partial charge in [0.1, 0.15) is 0 Å². The second kappa shape index (κ2) is 6.70. The Morgan fingerprint density at radius 1 is 1.12 bits per heavy atom. The summed E-state index contributed by atoms with van der Waals surface area (Å²) in [5.41, 5.74) is 1.42. The normalized spacial score (nSPS) is 17.4. The highest BCUT2D eigenvalue weighted by atomic mass is 16.3. The third-order valence-electron chi connectivity index (χ3n) is 4.74. The van der Waals surface area contributed by atoms with Crippen LogP contribution in [0.2, 0.25) is 0 Å². The standard InChI is InChI=1S/C19H21N3O3/c23-18(21-13-8-9-13)16-17(25-12-20-16)14-6-2-3-7-15(14)19(24)22-10-4-1-5-11-22/h2-3,6-7,12-13H,1,4-5,8-11H2,(H,21,23). The van der Waals surface area contributed by atoms with Gasteiger partial charge in [-0.1, -0.05) is 18.2 Å². The molecule has 1 aliphatic carbocycles. The van der Waals surface area contributed by atoms with E-state index >= 15 is 0 Å². The van der Waals surface area contributed by atoms with Gasteiger partial charge in [0.25, 0.3) is 11.8 Å². The SMILES string of the molecule is O=C(NC1CC1)c1ncoc1-c1ccccc1C(=O)N1CCCCC1. The number of likely N-dealkylation sites (tertiary alicyclic amines) is 1. The van der Waals surface area contributed by atoms with Gasteiger partial charge in [-0.2, -0.15) is 0 Å². The fourth-order valence-corrected chi connectivity index (χ4v) is 3.22. The number of carbonyl (C=O) groups excluding carboxylic acids is 2. The molecule has 1 saturated carbocycles. The molecule has 1 aliphatic heterocycles. The average molecular weight is 339 g/mol. The average Bonchev–Trinajstić information content (AvgIpc) is 3.33. The molecule has 2 amide bonds. The number of aromatic nitrogens is 1. The Kier molecular flexibility index (Phi) is 4.26. The van der Waals surface area contributed by atoms with E-state index in [1.54, 1.807) is 6.07 Å². The second-order valence-corrected chi connectivity index (χ2v) is 6.68. The van der Waals surface area contributed by atoms with Gasteiger partial charge in [-0.25, -0.2) is 4.98 Å². The molecule has 2 aliphatic rings. The van der Waals surface area contributed by atoms with Crippen LogP contribution < -0.4 is 5.32 Å². The zero-order valence-corrected chi connectivity index (χ0v) is 14.0. The molecule has 0 radical (unpaired) electrons. The summed E-state index contributed by atoms with van der Waals surface area (Å²) >= 11 is 0. The van der Waals surface area contributed by atoms with Crippen molar-refractivity contribution in [2.24, 2.45) is 0 Å². The molecule has 4 rings (SSSR count). The number of nitrogens with zero attached hydrogens (tertiary/aromatic N) is 2. The molecular weight excluding hydrogens is 318 g/mol. The third kappa shape index (κ3) is 3.29. The van der Waals surface area contributed by atoms with Crippen LogP contribution in [-0.2, 0) is 0 Å². The van der Waals surface area contributed by atoms with E-state index < -0.39 is 0 Å². The quantitative estimate of drug-likeness (QED) is 0.929. The Labute approximate surface area is 146 Å². The van der Waals surface area contributed by atoms with E-state index in [1.807, 2.05) is 23.1 Å². The van der Waals surface area contributed by atoms with Crippen molar-refractivity contribution >= 4 is 11.8 Å². The van der Waals surface area contributed by atoms with Gasteiger partial charge in [0, 0.05) is 24.7 Å². The highest BCUT2D eigenvalue weighted by molar-refractivity contribution is 6.04. The molecule has 1 saturated heterocycles. The monoisotopic (exact) mass is 339 g/mol. The summed E-state index contributed by atoms with van der Waals surface area (Å²) in [6.45, 7) is 1.55. The molecule has 2 fully saturated rings. The van der Waals surface area contributed by atoms with Crippen molar-refractivity contribution in [2.75, 3.05) is 13.1 Å². The predicted octanol–water partition coefficient (Wildman–Crippen LogP) is 2.86. The highest BCUT2D eigenvalue weighted by Crippen LogP contribution is 2.29. The van der Waals surface area contributed by atoms with Crippen LogP contribution in [0, 0.1) is 0 Å². The number of hydrogen-bond donors (Lipinski definition) is 1. The number of oxazole rings is 1. The van der Waals surface area contributed by atoms with Crippen LogP contribution in [-0.4, -0.2) is 40.8 Å². The van der Waals surface area contributed by atoms with Gasteiger partial charge >= 0.3 is 0 Å². The van der Waals surface area contributed by atoms with E-state index in [2.05, 4.69) is 10.3 Å². The first kappa shape index (κ1) is 15.9. The maximum Gasteiger partial charge on any atom is 0.274 e. The maximum atomic E-state index is 12.9. The minimum atomic E-state index is -0.244. The molecule has 1 aromatic carbocycles. The molecule has 0 bridgehead atoms. The molecule has 1 aromatic heterocycles. The summed E-state index contributed by atoms with van der Waals surface area (Å²) in [5, 5.41) is 2.92. The van der Waals surface area contributed by atoms with E-state index in [1.165, 1.54) is 12.8 Å². The molecule has 0 atom stereocenters. The van der Waals surface area contributed by atoms with E-state index in [0.29, 0.717) is 16.9 Å². The zero-order chi connectivity index (χ0) is 17.2. The van der Waals surface area contributed by atoms with Gasteiger partial charge in [0.05, 0.1) is 5.56 Å². The number of rotatable bonds is 4. The lowest BCUT2D eigenvalue weighted by Gasteiger charge is -2.27. The van der Waals surface area contributed by atoms with E-state index in [4.69, 9.17) is 4.42 Å². The van der Waals surface area contributed by atoms with Crippen molar-refractivity contribution in [2.45, 2.75) is 38.1 Å². The molecule has 130 valence electrons. The summed E-state index contributed by atoms with van der Waals surface area (Å²) in [6, 6.07) is 7.51. The summed E-state index contributed by atoms with van der Waals surface area (Å²) < 4.78 is 5.51. The zero-order valence-electron chi connectivity index (χ0n) is 14.0. The summed E-state index contributed by atoms with van der Waals surface area (Å²) in [5.74, 6) is 0.103. The Balaban J connectivity index is 1.66. The van der Waals surface area contributed by atoms with Crippen molar-refractivity contribution in [3.05, 3.63) is 41.9 Å². The highest BCUT2D eigenvalue weighted by Gasteiger charge is 2.29. The van der Waals surface area contributed by atoms with Gasteiger partial charge in [-0.15, -0.1) is 0 Å². The lowest BCUT2D eigenvalue weighted by molar-refractivity contribution is 0.0724. The van der Waals surface area contributed by atoms with Gasteiger partial charge in [0.2, 0.25) is 0 Å². The predicted molar refractivity (Wildman–Crippen MR) is 92.2 cm³/mol. The van der Waals surface area contributed by atoms with Crippen molar-refractivity contribution < 1.29 is 14.0 Å². The van der Waals surface area contributed by atoms with Crippen LogP contribution in [0.5, 0.6) is 0 Å². The van der Waals surface area contributed by atoms with Crippen molar-refractivity contribution in [3.8, 4) is 11.3 Å². The summed E-state index contributed by atoms with van der Waals surface area (Å²) in [4.78, 5) is 31.3. The molecule has 2 heterocycles. The second-order valence-electron chi connectivity index (χ2n) is 6.68. The molecule has 6 heteroatoms. The number of benzene rings is 1. The number of nitrogens with one attached hydrogen (secondary N) is 1. The van der Waals surface area contributed by atoms with Crippen LogP contribution in [0.4, 0.5) is 0 Å². The van der Waals surface area contributed by atoms with Crippen LogP contribution in [0.3, 0.4) is 0 Å². The van der Waals surface area contributed by atoms with Crippen LogP contribution in [0.25, 0.3) is 11.3 Å². The van der Waals surface area contributed by atoms with Crippen LogP contribution in [0.1, 0.15) is 53.0 Å². The first-order valence-electron chi connectivity index (χ1n) is 8.87. The number of piperidine rings is 1. The molecule has 25 heavy (non-hydrogen) atoms. The smallest absolute Gasteiger partial charge is 0.274 e. The first-order valence-corrected chi connectivity index (χ1v) is 8.87. The Hall–Kier alpha value is -2.63. The lowest BCUT2D eigenvalue weighted by Crippen LogP contribution is -2.35. The van der Waals surface area contributed by atoms with E-state index in [-0.39, 0.29) is 23.6 Å². The first-order chi connectivity index (χ1) is 12.2. The van der Waals surface area contributed by atoms with Crippen molar-refractivity contribution in [3.63, 3.8) is 0 Å². The largest absolute Gasteiger partial charge is 0.443 e. The fraction of sp³-hybridized carbons (Fsp3) is 0.421. The topological polar surface area (TPSA) is 75.4 Å². The van der Waals surface area contributed by atoms with Gasteiger partial charge in [0.15, 0.2) is 17.8 Å². The van der Waals surface area contributed by atoms with Crippen LogP contribution >= 0.6 is 0 Å². The number of hydrogen-bond acceptors (Lipinski definition) is 4. The fourth-order valence-electron chi connectivity index (χ4n) is 3.22. The Bertz CT molecular complexity index is 789. The van der Waals surface area contributed by atoms with Crippen LogP contribution in [0.15, 0.2) is 35.1 Å². The minimum Gasteiger partial charge on any atom is -0.443 e. The Morgan fingerprint density at radius 3 is 2.64 bits per heavy atom. The molecule has 6 nitrogen and oxygen atoms in total. The van der Waals surface area contributed by atoms with Gasteiger partial charge < -0.3 is 14.6 Å². The van der Waals surface area contributed by atoms with Gasteiger partial charge in [-0.05, 0) is 38.2 Å². The van der Waals surface area contributed by atoms with Crippen molar-refractivity contribution in [1.29, 1.82) is 0 Å². The maximum absolute atomic E-state index is 12.9. The van der Waals surface area contributed by atoms with E-state index in [0.717, 1.165) is 38.8 Å². The molecule has 2 aromatic rings. The molecular formula is C19H21N3O3. The third-order valence-corrected chi connectivity index (χ3v) is 4.74. The minimum absolute atomic E-state index is 0.0137. The Morgan fingerprint density at radius 2 is 1.88 bits per heavy atom. The van der Waals surface area contributed by atoms with Crippen molar-refractivity contribution in [1.82, 2.24) is 15.2 Å². The number of carbonyl (C=O) groups is 2.